The second-order valence-electron chi connectivity index (χ2n) is 10.6. The minimum absolute atomic E-state index is 0. The van der Waals surface area contributed by atoms with Gasteiger partial charge in [-0.25, -0.2) is 4.57 Å². The normalized spacial score (nSPS) is 16.7. The predicted molar refractivity (Wildman–Crippen MR) is 147 cm³/mol. The van der Waals surface area contributed by atoms with Gasteiger partial charge in [-0.1, -0.05) is 96.5 Å². The van der Waals surface area contributed by atoms with E-state index in [9.17, 15) is 0 Å². The number of rotatable bonds is 22. The topological polar surface area (TPSA) is 40.8 Å². The molecule has 1 aromatic rings. The molecular weight excluding hydrogens is 486 g/mol. The van der Waals surface area contributed by atoms with Crippen molar-refractivity contribution in [1.82, 2.24) is 0 Å². The molecule has 3 unspecified atom stereocenters. The first-order valence-corrected chi connectivity index (χ1v) is 15.0. The molecule has 3 atom stereocenters. The Morgan fingerprint density at radius 2 is 1.49 bits per heavy atom. The number of pyridine rings is 1. The Balaban J connectivity index is 0.00000684. The SMILES string of the molecule is CCCCCCCCCC(CCOC(OC)C(C)OCCOCC[n+]1ccccc1)C1CCCCC1.[Cl-]. The van der Waals surface area contributed by atoms with E-state index in [2.05, 4.69) is 23.9 Å². The molecule has 6 heteroatoms. The van der Waals surface area contributed by atoms with Crippen molar-refractivity contribution in [3.8, 4) is 0 Å². The minimum Gasteiger partial charge on any atom is -1.00 e. The van der Waals surface area contributed by atoms with Crippen molar-refractivity contribution in [3.63, 3.8) is 0 Å². The lowest BCUT2D eigenvalue weighted by Crippen LogP contribution is -3.00. The van der Waals surface area contributed by atoms with Crippen LogP contribution in [0, 0.1) is 11.8 Å². The van der Waals surface area contributed by atoms with Gasteiger partial charge in [0.1, 0.15) is 12.7 Å². The Labute approximate surface area is 234 Å². The highest BCUT2D eigenvalue weighted by Gasteiger charge is 2.24. The first kappa shape index (κ1) is 34.3. The van der Waals surface area contributed by atoms with E-state index in [0.717, 1.165) is 31.4 Å². The molecule has 0 bridgehead atoms. The van der Waals surface area contributed by atoms with E-state index in [1.165, 1.54) is 83.5 Å². The molecule has 1 aromatic heterocycles. The van der Waals surface area contributed by atoms with Crippen LogP contribution in [-0.4, -0.2) is 45.9 Å². The van der Waals surface area contributed by atoms with Gasteiger partial charge in [0.2, 0.25) is 0 Å². The number of nitrogens with zero attached hydrogens (tertiary/aromatic N) is 1. The van der Waals surface area contributed by atoms with Crippen LogP contribution in [0.3, 0.4) is 0 Å². The van der Waals surface area contributed by atoms with Crippen molar-refractivity contribution in [1.29, 1.82) is 0 Å². The van der Waals surface area contributed by atoms with Gasteiger partial charge in [-0.15, -0.1) is 0 Å². The summed E-state index contributed by atoms with van der Waals surface area (Å²) in [5.74, 6) is 1.69. The van der Waals surface area contributed by atoms with Crippen LogP contribution in [0.5, 0.6) is 0 Å². The lowest BCUT2D eigenvalue weighted by molar-refractivity contribution is -0.698. The van der Waals surface area contributed by atoms with Gasteiger partial charge in [0, 0.05) is 19.2 Å². The quantitative estimate of drug-likeness (QED) is 0.126. The number of ether oxygens (including phenoxy) is 4. The fourth-order valence-electron chi connectivity index (χ4n) is 5.54. The number of unbranched alkanes of at least 4 members (excludes halogenated alkanes) is 6. The van der Waals surface area contributed by atoms with Crippen LogP contribution in [0.2, 0.25) is 0 Å². The molecular formula is C31H56ClNO4. The molecule has 0 N–H and O–H groups in total. The van der Waals surface area contributed by atoms with Gasteiger partial charge in [-0.05, 0) is 25.2 Å². The number of aromatic nitrogens is 1. The van der Waals surface area contributed by atoms with E-state index in [1.807, 2.05) is 25.1 Å². The molecule has 0 aromatic carbocycles. The molecule has 1 saturated carbocycles. The largest absolute Gasteiger partial charge is 1.00 e. The lowest BCUT2D eigenvalue weighted by atomic mass is 9.76. The van der Waals surface area contributed by atoms with Crippen LogP contribution in [0.4, 0.5) is 0 Å². The Morgan fingerprint density at radius 1 is 0.784 bits per heavy atom. The van der Waals surface area contributed by atoms with E-state index in [4.69, 9.17) is 18.9 Å². The Kier molecular flexibility index (Phi) is 21.5. The van der Waals surface area contributed by atoms with Gasteiger partial charge in [0.15, 0.2) is 25.2 Å². The summed E-state index contributed by atoms with van der Waals surface area (Å²) in [6.07, 6.45) is 23.0. The zero-order valence-corrected chi connectivity index (χ0v) is 24.8. The predicted octanol–water partition coefficient (Wildman–Crippen LogP) is 4.12. The minimum atomic E-state index is -0.324. The standard InChI is InChI=1S/C31H56NO4.ClH/c1-4-5-6-7-8-9-12-19-30(29-17-13-10-14-18-29)20-24-36-31(33-3)28(2)35-27-26-34-25-23-32-21-15-11-16-22-32;/h11,15-16,21-22,28-31H,4-10,12-14,17-20,23-27H2,1-3H3;1H/q+1;/p-1. The first-order chi connectivity index (χ1) is 17.7. The van der Waals surface area contributed by atoms with Crippen LogP contribution >= 0.6 is 0 Å². The number of halogens is 1. The summed E-state index contributed by atoms with van der Waals surface area (Å²) in [5, 5.41) is 0. The number of methoxy groups -OCH3 is 1. The molecule has 2 rings (SSSR count). The molecule has 216 valence electrons. The van der Waals surface area contributed by atoms with E-state index in [0.29, 0.717) is 19.8 Å². The van der Waals surface area contributed by atoms with Gasteiger partial charge in [-0.2, -0.15) is 0 Å². The summed E-state index contributed by atoms with van der Waals surface area (Å²) in [5.41, 5.74) is 0. The van der Waals surface area contributed by atoms with E-state index >= 15 is 0 Å². The maximum absolute atomic E-state index is 6.19. The molecule has 0 amide bonds. The van der Waals surface area contributed by atoms with Crippen molar-refractivity contribution in [2.45, 2.75) is 123 Å². The summed E-state index contributed by atoms with van der Waals surface area (Å²) < 4.78 is 25.6. The Hall–Kier alpha value is -0.720. The zero-order chi connectivity index (χ0) is 25.7. The smallest absolute Gasteiger partial charge is 0.183 e. The highest BCUT2D eigenvalue weighted by molar-refractivity contribution is 4.83. The molecule has 1 aliphatic rings. The van der Waals surface area contributed by atoms with Crippen LogP contribution in [-0.2, 0) is 25.5 Å². The molecule has 0 aliphatic heterocycles. The van der Waals surface area contributed by atoms with Gasteiger partial charge in [0.05, 0.1) is 19.8 Å². The second kappa shape index (κ2) is 23.2. The third kappa shape index (κ3) is 16.1. The lowest BCUT2D eigenvalue weighted by Gasteiger charge is -2.31. The fourth-order valence-corrected chi connectivity index (χ4v) is 5.54. The average molecular weight is 542 g/mol. The Morgan fingerprint density at radius 3 is 2.19 bits per heavy atom. The molecule has 0 saturated heterocycles. The highest BCUT2D eigenvalue weighted by Crippen LogP contribution is 2.35. The van der Waals surface area contributed by atoms with Crippen LogP contribution in [0.25, 0.3) is 0 Å². The molecule has 1 aliphatic carbocycles. The third-order valence-electron chi connectivity index (χ3n) is 7.76. The molecule has 1 heterocycles. The van der Waals surface area contributed by atoms with Gasteiger partial charge >= 0.3 is 0 Å². The van der Waals surface area contributed by atoms with Gasteiger partial charge in [-0.3, -0.25) is 0 Å². The fraction of sp³-hybridized carbons (Fsp3) is 0.839. The van der Waals surface area contributed by atoms with Crippen molar-refractivity contribution in [3.05, 3.63) is 30.6 Å². The van der Waals surface area contributed by atoms with Crippen LogP contribution in [0.1, 0.15) is 104 Å². The molecule has 0 spiro atoms. The Bertz CT molecular complexity index is 614. The van der Waals surface area contributed by atoms with Gasteiger partial charge in [0.25, 0.3) is 0 Å². The van der Waals surface area contributed by atoms with Crippen molar-refractivity contribution >= 4 is 0 Å². The maximum Gasteiger partial charge on any atom is 0.183 e. The van der Waals surface area contributed by atoms with Crippen LogP contribution in [0.15, 0.2) is 30.6 Å². The highest BCUT2D eigenvalue weighted by atomic mass is 35.5. The second-order valence-corrected chi connectivity index (χ2v) is 10.6. The summed E-state index contributed by atoms with van der Waals surface area (Å²) >= 11 is 0. The van der Waals surface area contributed by atoms with Crippen molar-refractivity contribution in [2.24, 2.45) is 11.8 Å². The maximum atomic E-state index is 6.19. The van der Waals surface area contributed by atoms with E-state index < -0.39 is 0 Å². The van der Waals surface area contributed by atoms with Crippen molar-refractivity contribution in [2.75, 3.05) is 33.5 Å². The molecule has 5 nitrogen and oxygen atoms in total. The summed E-state index contributed by atoms with van der Waals surface area (Å²) in [4.78, 5) is 0. The number of hydrogen-bond acceptors (Lipinski definition) is 4. The zero-order valence-electron chi connectivity index (χ0n) is 24.1. The van der Waals surface area contributed by atoms with E-state index in [1.54, 1.807) is 7.11 Å². The van der Waals surface area contributed by atoms with Crippen molar-refractivity contribution < 1.29 is 35.9 Å². The molecule has 0 radical (unpaired) electrons. The first-order valence-electron chi connectivity index (χ1n) is 15.0. The number of hydrogen-bond donors (Lipinski definition) is 0. The van der Waals surface area contributed by atoms with Crippen LogP contribution < -0.4 is 17.0 Å². The summed E-state index contributed by atoms with van der Waals surface area (Å²) in [6.45, 7) is 7.74. The molecule has 1 fully saturated rings. The average Bonchev–Trinajstić information content (AvgIpc) is 2.92. The van der Waals surface area contributed by atoms with Gasteiger partial charge < -0.3 is 31.4 Å². The third-order valence-corrected chi connectivity index (χ3v) is 7.76. The molecule has 37 heavy (non-hydrogen) atoms. The summed E-state index contributed by atoms with van der Waals surface area (Å²) in [6, 6.07) is 6.08. The van der Waals surface area contributed by atoms with E-state index in [-0.39, 0.29) is 24.8 Å². The summed E-state index contributed by atoms with van der Waals surface area (Å²) in [7, 11) is 1.72. The monoisotopic (exact) mass is 541 g/mol.